The molecule has 27 heavy (non-hydrogen) atoms. The third kappa shape index (κ3) is 2.88. The van der Waals surface area contributed by atoms with Gasteiger partial charge in [-0.3, -0.25) is 9.69 Å². The average Bonchev–Trinajstić information content (AvgIpc) is 3.25. The first-order valence-corrected chi connectivity index (χ1v) is 9.46. The molecule has 2 fully saturated rings. The number of likely N-dealkylation sites (tertiary alicyclic amines) is 1. The predicted molar refractivity (Wildman–Crippen MR) is 101 cm³/mol. The van der Waals surface area contributed by atoms with Crippen LogP contribution in [0.4, 0.5) is 0 Å². The normalized spacial score (nSPS) is 22.9. The summed E-state index contributed by atoms with van der Waals surface area (Å²) in [6, 6.07) is 8.90. The second-order valence-corrected chi connectivity index (χ2v) is 7.52. The second kappa shape index (κ2) is 6.42. The van der Waals surface area contributed by atoms with Crippen LogP contribution in [0.2, 0.25) is 0 Å². The summed E-state index contributed by atoms with van der Waals surface area (Å²) in [6.07, 6.45) is 8.65. The molecule has 5 rings (SSSR count). The zero-order chi connectivity index (χ0) is 18.4. The van der Waals surface area contributed by atoms with Crippen molar-refractivity contribution in [1.29, 1.82) is 0 Å². The summed E-state index contributed by atoms with van der Waals surface area (Å²) < 4.78 is 1.64. The van der Waals surface area contributed by atoms with Gasteiger partial charge in [-0.05, 0) is 44.0 Å². The Balaban J connectivity index is 1.42. The van der Waals surface area contributed by atoms with E-state index in [2.05, 4.69) is 27.0 Å². The van der Waals surface area contributed by atoms with Gasteiger partial charge in [0, 0.05) is 48.7 Å². The molecule has 1 aromatic carbocycles. The number of aromatic nitrogens is 4. The number of nitrogens with zero attached hydrogens (tertiary/aromatic N) is 6. The summed E-state index contributed by atoms with van der Waals surface area (Å²) >= 11 is 0. The van der Waals surface area contributed by atoms with E-state index in [1.54, 1.807) is 10.7 Å². The number of hydrogen-bond donors (Lipinski definition) is 0. The van der Waals surface area contributed by atoms with Crippen LogP contribution in [-0.4, -0.2) is 67.5 Å². The lowest BCUT2D eigenvalue weighted by Gasteiger charge is -2.26. The summed E-state index contributed by atoms with van der Waals surface area (Å²) in [6.45, 7) is 1.66. The fourth-order valence-electron chi connectivity index (χ4n) is 4.38. The van der Waals surface area contributed by atoms with E-state index >= 15 is 0 Å². The lowest BCUT2D eigenvalue weighted by atomic mass is 10.0. The fraction of sp³-hybridized carbons (Fsp3) is 0.400. The van der Waals surface area contributed by atoms with Gasteiger partial charge in [0.2, 0.25) is 0 Å². The maximum absolute atomic E-state index is 13.2. The molecule has 2 bridgehead atoms. The number of fused-ring (bicyclic) bond motifs is 3. The number of carbonyl (C=O) groups is 1. The van der Waals surface area contributed by atoms with Crippen molar-refractivity contribution in [2.75, 3.05) is 20.1 Å². The van der Waals surface area contributed by atoms with Gasteiger partial charge in [-0.15, -0.1) is 0 Å². The molecule has 1 amide bonds. The Labute approximate surface area is 157 Å². The van der Waals surface area contributed by atoms with Crippen molar-refractivity contribution >= 4 is 11.7 Å². The van der Waals surface area contributed by atoms with Crippen LogP contribution in [0, 0.1) is 0 Å². The lowest BCUT2D eigenvalue weighted by molar-refractivity contribution is 0.0740. The zero-order valence-electron chi connectivity index (χ0n) is 15.3. The highest BCUT2D eigenvalue weighted by atomic mass is 16.2. The molecule has 4 heterocycles. The molecule has 0 aliphatic carbocycles. The smallest absolute Gasteiger partial charge is 0.253 e. The van der Waals surface area contributed by atoms with Crippen molar-refractivity contribution in [2.24, 2.45) is 0 Å². The maximum atomic E-state index is 13.2. The molecular weight excluding hydrogens is 340 g/mol. The molecule has 7 heteroatoms. The highest BCUT2D eigenvalue weighted by Crippen LogP contribution is 2.29. The summed E-state index contributed by atoms with van der Waals surface area (Å²) in [4.78, 5) is 26.0. The Kier molecular flexibility index (Phi) is 3.89. The van der Waals surface area contributed by atoms with Gasteiger partial charge in [0.1, 0.15) is 6.33 Å². The molecule has 138 valence electrons. The first-order valence-electron chi connectivity index (χ1n) is 9.46. The van der Waals surface area contributed by atoms with Gasteiger partial charge in [0.25, 0.3) is 11.7 Å². The zero-order valence-corrected chi connectivity index (χ0v) is 15.3. The average molecular weight is 362 g/mol. The Morgan fingerprint density at radius 3 is 2.93 bits per heavy atom. The summed E-state index contributed by atoms with van der Waals surface area (Å²) in [5.41, 5.74) is 2.60. The van der Waals surface area contributed by atoms with Crippen LogP contribution < -0.4 is 0 Å². The topological polar surface area (TPSA) is 66.6 Å². The fourth-order valence-corrected chi connectivity index (χ4v) is 4.38. The number of likely N-dealkylation sites (N-methyl/N-ethyl adjacent to an activating group) is 1. The van der Waals surface area contributed by atoms with Crippen molar-refractivity contribution < 1.29 is 4.79 Å². The molecule has 3 aromatic rings. The molecule has 2 aliphatic rings. The first-order chi connectivity index (χ1) is 13.2. The molecule has 0 unspecified atom stereocenters. The molecule has 2 aromatic heterocycles. The molecule has 0 spiro atoms. The Bertz CT molecular complexity index is 999. The second-order valence-electron chi connectivity index (χ2n) is 7.52. The van der Waals surface area contributed by atoms with Gasteiger partial charge in [-0.2, -0.15) is 10.1 Å². The van der Waals surface area contributed by atoms with Crippen LogP contribution in [0.3, 0.4) is 0 Å². The monoisotopic (exact) mass is 362 g/mol. The quantitative estimate of drug-likeness (QED) is 0.698. The third-order valence-electron chi connectivity index (χ3n) is 6.01. The van der Waals surface area contributed by atoms with E-state index in [0.717, 1.165) is 36.2 Å². The number of carbonyl (C=O) groups excluding carboxylic acids is 1. The Hall–Kier alpha value is -2.80. The standard InChI is InChI=1S/C20H22N6O/c1-24-17-5-6-18(24)12-25(8-7-17)19(27)15-4-2-3-14(9-15)16-10-21-20-22-13-23-26(20)11-16/h2-4,9-11,13,17-18H,5-8,12H2,1H3/t17-,18+/m0/s1. The Morgan fingerprint density at radius 2 is 2.00 bits per heavy atom. The van der Waals surface area contributed by atoms with E-state index in [4.69, 9.17) is 0 Å². The van der Waals surface area contributed by atoms with Gasteiger partial charge in [-0.25, -0.2) is 9.50 Å². The van der Waals surface area contributed by atoms with Crippen molar-refractivity contribution in [2.45, 2.75) is 31.3 Å². The van der Waals surface area contributed by atoms with Crippen molar-refractivity contribution in [3.05, 3.63) is 48.5 Å². The SMILES string of the molecule is CN1[C@H]2CC[C@@H]1CN(C(=O)c1cccc(-c3cnc4ncnn4c3)c1)CC2. The molecule has 2 saturated heterocycles. The van der Waals surface area contributed by atoms with Gasteiger partial charge >= 0.3 is 0 Å². The van der Waals surface area contributed by atoms with Crippen molar-refractivity contribution in [3.8, 4) is 11.1 Å². The van der Waals surface area contributed by atoms with Crippen LogP contribution in [0.15, 0.2) is 43.0 Å². The highest BCUT2D eigenvalue weighted by Gasteiger charge is 2.36. The molecule has 7 nitrogen and oxygen atoms in total. The first kappa shape index (κ1) is 16.4. The van der Waals surface area contributed by atoms with Gasteiger partial charge < -0.3 is 4.90 Å². The predicted octanol–water partition coefficient (Wildman–Crippen LogP) is 2.10. The lowest BCUT2D eigenvalue weighted by Crippen LogP contribution is -2.39. The molecule has 0 radical (unpaired) electrons. The maximum Gasteiger partial charge on any atom is 0.253 e. The summed E-state index contributed by atoms with van der Waals surface area (Å²) in [7, 11) is 2.20. The van der Waals surface area contributed by atoms with Crippen LogP contribution in [0.5, 0.6) is 0 Å². The number of hydrogen-bond acceptors (Lipinski definition) is 5. The summed E-state index contributed by atoms with van der Waals surface area (Å²) in [5, 5.41) is 4.14. The highest BCUT2D eigenvalue weighted by molar-refractivity contribution is 5.95. The van der Waals surface area contributed by atoms with Crippen molar-refractivity contribution in [3.63, 3.8) is 0 Å². The Morgan fingerprint density at radius 1 is 1.11 bits per heavy atom. The molecule has 0 N–H and O–H groups in total. The van der Waals surface area contributed by atoms with Crippen LogP contribution in [0.25, 0.3) is 16.9 Å². The van der Waals surface area contributed by atoms with Crippen LogP contribution in [0.1, 0.15) is 29.6 Å². The van der Waals surface area contributed by atoms with Gasteiger partial charge in [0.05, 0.1) is 0 Å². The number of rotatable bonds is 2. The largest absolute Gasteiger partial charge is 0.337 e. The third-order valence-corrected chi connectivity index (χ3v) is 6.01. The number of benzene rings is 1. The molecule has 0 saturated carbocycles. The minimum atomic E-state index is 0.118. The van der Waals surface area contributed by atoms with E-state index in [-0.39, 0.29) is 5.91 Å². The van der Waals surface area contributed by atoms with E-state index in [0.29, 0.717) is 17.9 Å². The minimum Gasteiger partial charge on any atom is -0.337 e. The molecule has 2 atom stereocenters. The van der Waals surface area contributed by atoms with Crippen LogP contribution in [-0.2, 0) is 0 Å². The van der Waals surface area contributed by atoms with Gasteiger partial charge in [0.15, 0.2) is 0 Å². The van der Waals surface area contributed by atoms with E-state index < -0.39 is 0 Å². The minimum absolute atomic E-state index is 0.118. The molecule has 2 aliphatic heterocycles. The number of amides is 1. The van der Waals surface area contributed by atoms with Crippen molar-refractivity contribution in [1.82, 2.24) is 29.4 Å². The van der Waals surface area contributed by atoms with E-state index in [1.807, 2.05) is 35.4 Å². The molecular formula is C20H22N6O. The summed E-state index contributed by atoms with van der Waals surface area (Å²) in [5.74, 6) is 0.683. The van der Waals surface area contributed by atoms with Gasteiger partial charge in [-0.1, -0.05) is 12.1 Å². The van der Waals surface area contributed by atoms with Crippen LogP contribution >= 0.6 is 0 Å². The van der Waals surface area contributed by atoms with E-state index in [9.17, 15) is 4.79 Å². The van der Waals surface area contributed by atoms with E-state index in [1.165, 1.54) is 19.2 Å².